The highest BCUT2D eigenvalue weighted by atomic mass is 16.5. The Morgan fingerprint density at radius 3 is 2.58 bits per heavy atom. The van der Waals surface area contributed by atoms with Gasteiger partial charge in [0.25, 0.3) is 0 Å². The maximum atomic E-state index is 9.96. The van der Waals surface area contributed by atoms with E-state index in [9.17, 15) is 15.3 Å². The summed E-state index contributed by atoms with van der Waals surface area (Å²) in [5.41, 5.74) is 3.33. The van der Waals surface area contributed by atoms with Gasteiger partial charge < -0.3 is 20.1 Å². The number of hydrogen-bond donors (Lipinski definition) is 3. The maximum absolute atomic E-state index is 9.96. The van der Waals surface area contributed by atoms with Gasteiger partial charge in [0.05, 0.1) is 31.0 Å². The fourth-order valence-corrected chi connectivity index (χ4v) is 6.07. The molecular formula is C27H42O4. The van der Waals surface area contributed by atoms with Crippen molar-refractivity contribution in [2.45, 2.75) is 89.9 Å². The first-order chi connectivity index (χ1) is 14.6. The number of ether oxygens (including phenoxy) is 1. The largest absolute Gasteiger partial charge is 0.393 e. The highest BCUT2D eigenvalue weighted by Crippen LogP contribution is 2.59. The first-order valence-electron chi connectivity index (χ1n) is 12.0. The van der Waals surface area contributed by atoms with Crippen molar-refractivity contribution in [2.75, 3.05) is 13.2 Å². The summed E-state index contributed by atoms with van der Waals surface area (Å²) in [5.74, 6) is 1.07. The summed E-state index contributed by atoms with van der Waals surface area (Å²) in [6, 6.07) is 0. The number of aliphatic hydroxyl groups is 3. The molecule has 5 atom stereocenters. The lowest BCUT2D eigenvalue weighted by molar-refractivity contribution is -0.0124. The zero-order valence-corrected chi connectivity index (χ0v) is 19.6. The molecular weight excluding hydrogens is 388 g/mol. The Balaban J connectivity index is 1.63. The molecule has 0 unspecified atom stereocenters. The molecule has 3 rings (SSSR count). The number of aliphatic hydroxyl groups excluding tert-OH is 2. The highest BCUT2D eigenvalue weighted by Gasteiger charge is 2.49. The molecule has 4 heteroatoms. The lowest BCUT2D eigenvalue weighted by Gasteiger charge is -2.42. The van der Waals surface area contributed by atoms with E-state index in [2.05, 4.69) is 31.7 Å². The Labute approximate surface area is 188 Å². The van der Waals surface area contributed by atoms with Gasteiger partial charge in [0.15, 0.2) is 0 Å². The Kier molecular flexibility index (Phi) is 8.01. The molecule has 3 N–H and O–H groups in total. The molecule has 0 aromatic heterocycles. The molecule has 3 fully saturated rings. The third-order valence-electron chi connectivity index (χ3n) is 7.49. The first kappa shape index (κ1) is 24.4. The lowest BCUT2D eigenvalue weighted by Crippen LogP contribution is -2.33. The molecule has 0 amide bonds. The molecule has 3 saturated carbocycles. The van der Waals surface area contributed by atoms with Crippen LogP contribution in [-0.4, -0.2) is 46.3 Å². The van der Waals surface area contributed by atoms with E-state index in [0.717, 1.165) is 6.42 Å². The van der Waals surface area contributed by atoms with Crippen LogP contribution in [0.3, 0.4) is 0 Å². The molecule has 0 aliphatic heterocycles. The van der Waals surface area contributed by atoms with Crippen molar-refractivity contribution in [1.29, 1.82) is 0 Å². The average Bonchev–Trinajstić information content (AvgIpc) is 3.02. The number of allylic oxidation sites excluding steroid dienone is 5. The summed E-state index contributed by atoms with van der Waals surface area (Å²) in [6.45, 7) is 11.2. The second-order valence-corrected chi connectivity index (χ2v) is 10.9. The zero-order chi connectivity index (χ0) is 22.6. The Morgan fingerprint density at radius 1 is 1.19 bits per heavy atom. The molecule has 3 aliphatic carbocycles. The summed E-state index contributed by atoms with van der Waals surface area (Å²) < 4.78 is 5.54. The van der Waals surface area contributed by atoms with Crippen molar-refractivity contribution >= 4 is 0 Å². The Morgan fingerprint density at radius 2 is 1.90 bits per heavy atom. The molecule has 0 saturated heterocycles. The minimum atomic E-state index is -0.801. The molecule has 3 aliphatic rings. The molecule has 0 radical (unpaired) electrons. The van der Waals surface area contributed by atoms with E-state index in [-0.39, 0.29) is 5.41 Å². The van der Waals surface area contributed by atoms with E-state index in [1.807, 2.05) is 6.08 Å². The van der Waals surface area contributed by atoms with Crippen LogP contribution in [0.4, 0.5) is 0 Å². The maximum Gasteiger partial charge on any atom is 0.0824 e. The van der Waals surface area contributed by atoms with Gasteiger partial charge in [0.2, 0.25) is 0 Å². The SMILES string of the molecule is C=C(C=CCOCC(C)(C)O)[C@H]1CC[C@H]2C(=CC=C3C[C@@H](O)C[C@H](O)C3)CCC[C@]12C. The van der Waals surface area contributed by atoms with Crippen LogP contribution in [0, 0.1) is 17.3 Å². The number of hydrogen-bond acceptors (Lipinski definition) is 4. The summed E-state index contributed by atoms with van der Waals surface area (Å²) in [7, 11) is 0. The van der Waals surface area contributed by atoms with E-state index in [1.165, 1.54) is 42.4 Å². The van der Waals surface area contributed by atoms with E-state index >= 15 is 0 Å². The fraction of sp³-hybridized carbons (Fsp3) is 0.704. The summed E-state index contributed by atoms with van der Waals surface area (Å²) in [5, 5.41) is 29.7. The molecule has 0 heterocycles. The molecule has 174 valence electrons. The normalized spacial score (nSPS) is 35.5. The molecule has 0 aromatic rings. The van der Waals surface area contributed by atoms with Gasteiger partial charge in [0, 0.05) is 0 Å². The van der Waals surface area contributed by atoms with Crippen LogP contribution in [0.25, 0.3) is 0 Å². The summed E-state index contributed by atoms with van der Waals surface area (Å²) in [4.78, 5) is 0. The second kappa shape index (κ2) is 10.2. The Bertz CT molecular complexity index is 714. The summed E-state index contributed by atoms with van der Waals surface area (Å²) >= 11 is 0. The van der Waals surface area contributed by atoms with Gasteiger partial charge in [0.1, 0.15) is 0 Å². The van der Waals surface area contributed by atoms with Crippen LogP contribution in [0.2, 0.25) is 0 Å². The van der Waals surface area contributed by atoms with Crippen molar-refractivity contribution < 1.29 is 20.1 Å². The first-order valence-corrected chi connectivity index (χ1v) is 12.0. The third kappa shape index (κ3) is 6.41. The molecule has 0 spiro atoms. The molecule has 31 heavy (non-hydrogen) atoms. The van der Waals surface area contributed by atoms with Crippen molar-refractivity contribution in [3.8, 4) is 0 Å². The molecule has 0 bridgehead atoms. The average molecular weight is 431 g/mol. The monoisotopic (exact) mass is 430 g/mol. The van der Waals surface area contributed by atoms with Gasteiger partial charge in [-0.05, 0) is 82.5 Å². The van der Waals surface area contributed by atoms with Crippen LogP contribution >= 0.6 is 0 Å². The van der Waals surface area contributed by atoms with Crippen LogP contribution in [0.5, 0.6) is 0 Å². The van der Waals surface area contributed by atoms with E-state index in [0.29, 0.717) is 44.3 Å². The zero-order valence-electron chi connectivity index (χ0n) is 19.6. The highest BCUT2D eigenvalue weighted by molar-refractivity contribution is 5.30. The number of fused-ring (bicyclic) bond motifs is 1. The third-order valence-corrected chi connectivity index (χ3v) is 7.49. The van der Waals surface area contributed by atoms with Crippen LogP contribution in [-0.2, 0) is 4.74 Å². The topological polar surface area (TPSA) is 69.9 Å². The fourth-order valence-electron chi connectivity index (χ4n) is 6.07. The van der Waals surface area contributed by atoms with Gasteiger partial charge in [-0.2, -0.15) is 0 Å². The lowest BCUT2D eigenvalue weighted by atomic mass is 9.62. The number of rotatable bonds is 7. The minimum absolute atomic E-state index is 0.240. The van der Waals surface area contributed by atoms with Gasteiger partial charge >= 0.3 is 0 Å². The molecule has 0 aromatic carbocycles. The summed E-state index contributed by atoms with van der Waals surface area (Å²) in [6.07, 6.45) is 15.6. The molecule has 4 nitrogen and oxygen atoms in total. The van der Waals surface area contributed by atoms with Gasteiger partial charge in [-0.15, -0.1) is 0 Å². The van der Waals surface area contributed by atoms with E-state index < -0.39 is 17.8 Å². The predicted molar refractivity (Wildman–Crippen MR) is 126 cm³/mol. The quantitative estimate of drug-likeness (QED) is 0.398. The van der Waals surface area contributed by atoms with E-state index in [4.69, 9.17) is 4.74 Å². The smallest absolute Gasteiger partial charge is 0.0824 e. The minimum Gasteiger partial charge on any atom is -0.393 e. The van der Waals surface area contributed by atoms with Crippen LogP contribution in [0.15, 0.2) is 47.6 Å². The van der Waals surface area contributed by atoms with Gasteiger partial charge in [-0.3, -0.25) is 0 Å². The van der Waals surface area contributed by atoms with Crippen molar-refractivity contribution in [3.05, 3.63) is 47.6 Å². The van der Waals surface area contributed by atoms with E-state index in [1.54, 1.807) is 13.8 Å². The van der Waals surface area contributed by atoms with Crippen molar-refractivity contribution in [1.82, 2.24) is 0 Å². The van der Waals surface area contributed by atoms with Gasteiger partial charge in [-0.1, -0.05) is 54.5 Å². The predicted octanol–water partition coefficient (Wildman–Crippen LogP) is 4.86. The van der Waals surface area contributed by atoms with Gasteiger partial charge in [-0.25, -0.2) is 0 Å². The standard InChI is InChI=1S/C27H42O4/c1-19(7-6-14-31-18-26(2,3)30)24-11-12-25-21(8-5-13-27(24,25)4)10-9-20-15-22(28)17-23(29)16-20/h6-7,9-10,22-25,28-30H,1,5,8,11-18H2,2-4H3/t22-,23-,24-,25+,27-/m1/s1. The second-order valence-electron chi connectivity index (χ2n) is 10.9. The van der Waals surface area contributed by atoms with Crippen molar-refractivity contribution in [3.63, 3.8) is 0 Å². The van der Waals surface area contributed by atoms with Crippen molar-refractivity contribution in [2.24, 2.45) is 17.3 Å². The Hall–Kier alpha value is -1.20. The van der Waals surface area contributed by atoms with Crippen LogP contribution < -0.4 is 0 Å². The van der Waals surface area contributed by atoms with Crippen LogP contribution in [0.1, 0.15) is 72.1 Å².